The minimum absolute atomic E-state index is 0.369. The molecular formula is C12H14N2O5. The second kappa shape index (κ2) is 6.39. The molecule has 102 valence electrons. The average Bonchev–Trinajstić information content (AvgIpc) is 2.39. The Balaban J connectivity index is 2.55. The smallest absolute Gasteiger partial charge is 0.429 e. The number of nitrogens with zero attached hydrogens (tertiary/aromatic N) is 1. The number of amides is 2. The number of carbonyl (C=O) groups is 3. The Hall–Kier alpha value is -2.57. The fourth-order valence-electron chi connectivity index (χ4n) is 1.13. The molecule has 0 aliphatic rings. The van der Waals surface area contributed by atoms with Gasteiger partial charge in [0, 0.05) is 12.6 Å². The fraction of sp³-hybridized carbons (Fsp3) is 0.250. The van der Waals surface area contributed by atoms with Gasteiger partial charge >= 0.3 is 12.1 Å². The summed E-state index contributed by atoms with van der Waals surface area (Å²) in [5, 5.41) is 9.38. The first-order valence-electron chi connectivity index (χ1n) is 5.45. The van der Waals surface area contributed by atoms with Crippen molar-refractivity contribution in [3.8, 4) is 0 Å². The van der Waals surface area contributed by atoms with Crippen LogP contribution in [0, 0.1) is 0 Å². The molecule has 1 aromatic carbocycles. The Morgan fingerprint density at radius 2 is 1.84 bits per heavy atom. The molecule has 0 unspecified atom stereocenters. The molecule has 0 saturated carbocycles. The van der Waals surface area contributed by atoms with Crippen molar-refractivity contribution in [2.24, 2.45) is 0 Å². The molecule has 2 amide bonds. The van der Waals surface area contributed by atoms with Crippen LogP contribution in [0.5, 0.6) is 0 Å². The first kappa shape index (κ1) is 14.5. The lowest BCUT2D eigenvalue weighted by atomic mass is 10.2. The summed E-state index contributed by atoms with van der Waals surface area (Å²) >= 11 is 0. The van der Waals surface area contributed by atoms with Crippen molar-refractivity contribution >= 4 is 18.0 Å². The predicted molar refractivity (Wildman–Crippen MR) is 65.3 cm³/mol. The molecule has 0 fully saturated rings. The van der Waals surface area contributed by atoms with E-state index < -0.39 is 24.1 Å². The summed E-state index contributed by atoms with van der Waals surface area (Å²) in [5.41, 5.74) is 2.64. The molecular weight excluding hydrogens is 252 g/mol. The molecule has 0 heterocycles. The van der Waals surface area contributed by atoms with Crippen molar-refractivity contribution in [2.45, 2.75) is 13.0 Å². The van der Waals surface area contributed by atoms with E-state index in [0.717, 1.165) is 5.01 Å². The van der Waals surface area contributed by atoms with Crippen LogP contribution in [0.1, 0.15) is 17.3 Å². The highest BCUT2D eigenvalue weighted by molar-refractivity contribution is 5.94. The number of carboxylic acids is 1. The summed E-state index contributed by atoms with van der Waals surface area (Å²) < 4.78 is 4.58. The van der Waals surface area contributed by atoms with E-state index in [9.17, 15) is 14.4 Å². The number of nitrogens with one attached hydrogen (secondary N) is 1. The molecule has 0 aromatic heterocycles. The molecule has 7 nitrogen and oxygen atoms in total. The molecule has 7 heteroatoms. The quantitative estimate of drug-likeness (QED) is 0.791. The van der Waals surface area contributed by atoms with E-state index in [1.165, 1.54) is 14.0 Å². The number of rotatable bonds is 3. The normalized spacial score (nSPS) is 11.3. The highest BCUT2D eigenvalue weighted by Crippen LogP contribution is 2.00. The Labute approximate surface area is 109 Å². The number of ether oxygens (including phenoxy) is 1. The first-order valence-corrected chi connectivity index (χ1v) is 5.45. The molecule has 19 heavy (non-hydrogen) atoms. The third-order valence-corrected chi connectivity index (χ3v) is 2.20. The van der Waals surface area contributed by atoms with Crippen LogP contribution in [0.4, 0.5) is 4.79 Å². The molecule has 2 N–H and O–H groups in total. The molecule has 0 radical (unpaired) electrons. The molecule has 1 aromatic rings. The third-order valence-electron chi connectivity index (χ3n) is 2.20. The standard InChI is InChI=1S/C12H14N2O5/c1-8(11(16)17)19-12(18)14(2)13-10(15)9-6-4-3-5-7-9/h3-8H,1-2H3,(H,13,15)(H,16,17)/t8-/m1/s1. The van der Waals surface area contributed by atoms with Crippen LogP contribution in [-0.4, -0.2) is 41.2 Å². The van der Waals surface area contributed by atoms with Crippen molar-refractivity contribution < 1.29 is 24.2 Å². The maximum atomic E-state index is 11.7. The van der Waals surface area contributed by atoms with E-state index in [0.29, 0.717) is 5.56 Å². The van der Waals surface area contributed by atoms with Crippen LogP contribution in [0.15, 0.2) is 30.3 Å². The summed E-state index contributed by atoms with van der Waals surface area (Å²) in [4.78, 5) is 33.7. The van der Waals surface area contributed by atoms with Crippen molar-refractivity contribution in [1.82, 2.24) is 10.4 Å². The Bertz CT molecular complexity index is 474. The topological polar surface area (TPSA) is 95.9 Å². The second-order valence-corrected chi connectivity index (χ2v) is 3.73. The number of benzene rings is 1. The highest BCUT2D eigenvalue weighted by Gasteiger charge is 2.20. The van der Waals surface area contributed by atoms with Gasteiger partial charge in [0.25, 0.3) is 5.91 Å². The molecule has 0 bridgehead atoms. The zero-order valence-corrected chi connectivity index (χ0v) is 10.5. The van der Waals surface area contributed by atoms with E-state index in [4.69, 9.17) is 5.11 Å². The number of carboxylic acid groups (broad SMARTS) is 1. The summed E-state index contributed by atoms with van der Waals surface area (Å²) in [7, 11) is 1.26. The van der Waals surface area contributed by atoms with E-state index in [1.54, 1.807) is 30.3 Å². The maximum Gasteiger partial charge on any atom is 0.429 e. The van der Waals surface area contributed by atoms with Crippen LogP contribution in [0.3, 0.4) is 0 Å². The molecule has 0 saturated heterocycles. The van der Waals surface area contributed by atoms with Gasteiger partial charge in [0.2, 0.25) is 0 Å². The van der Waals surface area contributed by atoms with Crippen molar-refractivity contribution in [3.05, 3.63) is 35.9 Å². The van der Waals surface area contributed by atoms with E-state index in [1.807, 2.05) is 0 Å². The van der Waals surface area contributed by atoms with Crippen molar-refractivity contribution in [2.75, 3.05) is 7.05 Å². The largest absolute Gasteiger partial charge is 0.479 e. The van der Waals surface area contributed by atoms with Crippen LogP contribution in [0.25, 0.3) is 0 Å². The van der Waals surface area contributed by atoms with E-state index in [2.05, 4.69) is 10.2 Å². The maximum absolute atomic E-state index is 11.7. The summed E-state index contributed by atoms with van der Waals surface area (Å²) in [6.45, 7) is 1.22. The van der Waals surface area contributed by atoms with Gasteiger partial charge in [-0.15, -0.1) is 0 Å². The first-order chi connectivity index (χ1) is 8.91. The van der Waals surface area contributed by atoms with Gasteiger partial charge in [-0.3, -0.25) is 10.2 Å². The molecule has 1 rings (SSSR count). The highest BCUT2D eigenvalue weighted by atomic mass is 16.6. The van der Waals surface area contributed by atoms with Gasteiger partial charge in [-0.2, -0.15) is 0 Å². The van der Waals surface area contributed by atoms with Crippen molar-refractivity contribution in [3.63, 3.8) is 0 Å². The molecule has 0 spiro atoms. The predicted octanol–water partition coefficient (Wildman–Crippen LogP) is 0.873. The molecule has 1 atom stereocenters. The molecule has 0 aliphatic carbocycles. The minimum Gasteiger partial charge on any atom is -0.479 e. The van der Waals surface area contributed by atoms with Gasteiger partial charge in [0.1, 0.15) is 0 Å². The second-order valence-electron chi connectivity index (χ2n) is 3.73. The van der Waals surface area contributed by atoms with Gasteiger partial charge in [-0.05, 0) is 19.1 Å². The number of carbonyl (C=O) groups excluding carboxylic acids is 2. The monoisotopic (exact) mass is 266 g/mol. The summed E-state index contributed by atoms with van der Waals surface area (Å²) in [6, 6.07) is 8.27. The minimum atomic E-state index is -1.29. The van der Waals surface area contributed by atoms with Crippen LogP contribution >= 0.6 is 0 Å². The van der Waals surface area contributed by atoms with Gasteiger partial charge in [-0.25, -0.2) is 14.6 Å². The zero-order valence-electron chi connectivity index (χ0n) is 10.5. The van der Waals surface area contributed by atoms with Gasteiger partial charge in [0.05, 0.1) is 0 Å². The van der Waals surface area contributed by atoms with E-state index in [-0.39, 0.29) is 0 Å². The fourth-order valence-corrected chi connectivity index (χ4v) is 1.13. The van der Waals surface area contributed by atoms with Crippen LogP contribution < -0.4 is 5.43 Å². The third kappa shape index (κ3) is 4.30. The van der Waals surface area contributed by atoms with E-state index >= 15 is 0 Å². The number of hydrogen-bond donors (Lipinski definition) is 2. The Kier molecular flexibility index (Phi) is 4.87. The van der Waals surface area contributed by atoms with Crippen molar-refractivity contribution in [1.29, 1.82) is 0 Å². The van der Waals surface area contributed by atoms with Crippen LogP contribution in [-0.2, 0) is 9.53 Å². The summed E-state index contributed by atoms with van der Waals surface area (Å²) in [5.74, 6) is -1.76. The average molecular weight is 266 g/mol. The van der Waals surface area contributed by atoms with Gasteiger partial charge < -0.3 is 9.84 Å². The van der Waals surface area contributed by atoms with Crippen LogP contribution in [0.2, 0.25) is 0 Å². The lowest BCUT2D eigenvalue weighted by Crippen LogP contribution is -2.45. The van der Waals surface area contributed by atoms with Gasteiger partial charge in [-0.1, -0.05) is 18.2 Å². The Morgan fingerprint density at radius 1 is 1.26 bits per heavy atom. The summed E-state index contributed by atoms with van der Waals surface area (Å²) in [6.07, 6.45) is -2.25. The lowest BCUT2D eigenvalue weighted by Gasteiger charge is -2.19. The number of hydrazine groups is 1. The Morgan fingerprint density at radius 3 is 2.37 bits per heavy atom. The SMILES string of the molecule is C[C@@H](OC(=O)N(C)NC(=O)c1ccccc1)C(=O)O. The zero-order chi connectivity index (χ0) is 14.4. The number of hydrogen-bond acceptors (Lipinski definition) is 4. The lowest BCUT2D eigenvalue weighted by molar-refractivity contribution is -0.146. The number of aliphatic carboxylic acids is 1. The van der Waals surface area contributed by atoms with Gasteiger partial charge in [0.15, 0.2) is 6.10 Å². The molecule has 0 aliphatic heterocycles.